The molecule has 0 heterocycles. The van der Waals surface area contributed by atoms with Crippen LogP contribution in [-0.2, 0) is 4.79 Å². The first kappa shape index (κ1) is 9.64. The molecular weight excluding hydrogens is 200 g/mol. The third kappa shape index (κ3) is 1.37. The van der Waals surface area contributed by atoms with E-state index in [-0.39, 0.29) is 5.41 Å². The first-order valence-electron chi connectivity index (χ1n) is 5.63. The highest BCUT2D eigenvalue weighted by atomic mass is 16.5. The highest BCUT2D eigenvalue weighted by molar-refractivity contribution is 6.07. The molecule has 1 aromatic carbocycles. The van der Waals surface area contributed by atoms with Crippen molar-refractivity contribution in [1.82, 2.24) is 0 Å². The fraction of sp³-hybridized carbons (Fsp3) is 0.357. The molecule has 0 unspecified atom stereocenters. The Morgan fingerprint density at radius 3 is 2.38 bits per heavy atom. The normalized spacial score (nSPS) is 21.1. The second kappa shape index (κ2) is 3.21. The van der Waals surface area contributed by atoms with Crippen molar-refractivity contribution in [2.45, 2.75) is 19.3 Å². The van der Waals surface area contributed by atoms with Gasteiger partial charge in [-0.05, 0) is 48.6 Å². The number of hydrogen-bond acceptors (Lipinski definition) is 2. The van der Waals surface area contributed by atoms with E-state index in [1.807, 2.05) is 30.3 Å². The Bertz CT molecular complexity index is 464. The van der Waals surface area contributed by atoms with E-state index < -0.39 is 0 Å². The molecule has 82 valence electrons. The number of ketones is 1. The van der Waals surface area contributed by atoms with Crippen molar-refractivity contribution in [2.75, 3.05) is 7.11 Å². The summed E-state index contributed by atoms with van der Waals surface area (Å²) in [5.74, 6) is 1.19. The average Bonchev–Trinajstić information content (AvgIpc) is 3.01. The summed E-state index contributed by atoms with van der Waals surface area (Å²) < 4.78 is 5.12. The topological polar surface area (TPSA) is 26.3 Å². The van der Waals surface area contributed by atoms with Gasteiger partial charge in [-0.15, -0.1) is 0 Å². The third-order valence-electron chi connectivity index (χ3n) is 3.67. The van der Waals surface area contributed by atoms with Gasteiger partial charge in [0.1, 0.15) is 5.75 Å². The summed E-state index contributed by atoms with van der Waals surface area (Å²) in [6.45, 7) is 0. The number of carbonyl (C=O) groups excluding carboxylic acids is 1. The predicted molar refractivity (Wildman–Crippen MR) is 62.3 cm³/mol. The van der Waals surface area contributed by atoms with E-state index >= 15 is 0 Å². The van der Waals surface area contributed by atoms with Gasteiger partial charge in [-0.25, -0.2) is 0 Å². The fourth-order valence-electron chi connectivity index (χ4n) is 2.38. The van der Waals surface area contributed by atoms with Crippen LogP contribution in [0.1, 0.15) is 24.8 Å². The Labute approximate surface area is 94.9 Å². The Kier molecular flexibility index (Phi) is 1.93. The molecular formula is C14H14O2. The summed E-state index contributed by atoms with van der Waals surface area (Å²) in [4.78, 5) is 11.8. The monoisotopic (exact) mass is 214 g/mol. The largest absolute Gasteiger partial charge is 0.497 e. The lowest BCUT2D eigenvalue weighted by molar-refractivity contribution is -0.118. The summed E-state index contributed by atoms with van der Waals surface area (Å²) in [5, 5.41) is 0. The fourth-order valence-corrected chi connectivity index (χ4v) is 2.38. The maximum atomic E-state index is 11.8. The molecule has 0 amide bonds. The standard InChI is InChI=1S/C14H14O2/c1-16-12-4-2-10(3-5-12)11-8-13(15)14(9-11)6-7-14/h2-5,8H,6-7,9H2,1H3. The Morgan fingerprint density at radius 2 is 1.88 bits per heavy atom. The Morgan fingerprint density at radius 1 is 1.19 bits per heavy atom. The molecule has 1 fully saturated rings. The lowest BCUT2D eigenvalue weighted by Gasteiger charge is -2.06. The highest BCUT2D eigenvalue weighted by Crippen LogP contribution is 2.56. The molecule has 0 saturated heterocycles. The molecule has 0 aromatic heterocycles. The molecule has 3 rings (SSSR count). The number of carbonyl (C=O) groups is 1. The molecule has 0 aliphatic heterocycles. The highest BCUT2D eigenvalue weighted by Gasteiger charge is 2.51. The zero-order chi connectivity index (χ0) is 11.2. The van der Waals surface area contributed by atoms with Crippen LogP contribution in [0.3, 0.4) is 0 Å². The lowest BCUT2D eigenvalue weighted by Crippen LogP contribution is -2.05. The van der Waals surface area contributed by atoms with Gasteiger partial charge in [0.15, 0.2) is 5.78 Å². The smallest absolute Gasteiger partial charge is 0.162 e. The van der Waals surface area contributed by atoms with Gasteiger partial charge in [-0.3, -0.25) is 4.79 Å². The minimum atomic E-state index is 0.00919. The van der Waals surface area contributed by atoms with Crippen LogP contribution in [0.2, 0.25) is 0 Å². The number of methoxy groups -OCH3 is 1. The van der Waals surface area contributed by atoms with Crippen molar-refractivity contribution >= 4 is 11.4 Å². The molecule has 1 spiro atoms. The van der Waals surface area contributed by atoms with Gasteiger partial charge in [-0.1, -0.05) is 12.1 Å². The third-order valence-corrected chi connectivity index (χ3v) is 3.67. The Balaban J connectivity index is 1.88. The molecule has 2 aliphatic rings. The van der Waals surface area contributed by atoms with Gasteiger partial charge in [0.05, 0.1) is 7.11 Å². The lowest BCUT2D eigenvalue weighted by atomic mass is 9.98. The molecule has 2 nitrogen and oxygen atoms in total. The molecule has 2 aliphatic carbocycles. The van der Waals surface area contributed by atoms with E-state index in [0.717, 1.165) is 30.6 Å². The van der Waals surface area contributed by atoms with Crippen LogP contribution in [0.25, 0.3) is 5.57 Å². The quantitative estimate of drug-likeness (QED) is 0.756. The van der Waals surface area contributed by atoms with Gasteiger partial charge >= 0.3 is 0 Å². The van der Waals surface area contributed by atoms with Crippen molar-refractivity contribution in [1.29, 1.82) is 0 Å². The van der Waals surface area contributed by atoms with E-state index in [0.29, 0.717) is 5.78 Å². The molecule has 1 aromatic rings. The van der Waals surface area contributed by atoms with Crippen LogP contribution in [0.5, 0.6) is 5.75 Å². The van der Waals surface area contributed by atoms with Crippen molar-refractivity contribution in [2.24, 2.45) is 5.41 Å². The maximum Gasteiger partial charge on any atom is 0.162 e. The Hall–Kier alpha value is -1.57. The van der Waals surface area contributed by atoms with Gasteiger partial charge in [-0.2, -0.15) is 0 Å². The number of ether oxygens (including phenoxy) is 1. The molecule has 0 N–H and O–H groups in total. The second-order valence-electron chi connectivity index (χ2n) is 4.72. The van der Waals surface area contributed by atoms with Crippen molar-refractivity contribution in [3.05, 3.63) is 35.9 Å². The number of benzene rings is 1. The molecule has 0 atom stereocenters. The van der Waals surface area contributed by atoms with Crippen LogP contribution >= 0.6 is 0 Å². The van der Waals surface area contributed by atoms with Gasteiger partial charge < -0.3 is 4.74 Å². The van der Waals surface area contributed by atoms with Crippen LogP contribution in [0.15, 0.2) is 30.3 Å². The summed E-state index contributed by atoms with van der Waals surface area (Å²) in [5.41, 5.74) is 2.35. The first-order valence-corrected chi connectivity index (χ1v) is 5.63. The van der Waals surface area contributed by atoms with E-state index in [9.17, 15) is 4.79 Å². The van der Waals surface area contributed by atoms with Crippen LogP contribution in [0, 0.1) is 5.41 Å². The van der Waals surface area contributed by atoms with Crippen LogP contribution in [0.4, 0.5) is 0 Å². The van der Waals surface area contributed by atoms with Crippen LogP contribution < -0.4 is 4.74 Å². The molecule has 0 radical (unpaired) electrons. The molecule has 0 bridgehead atoms. The van der Waals surface area contributed by atoms with Gasteiger partial charge in [0, 0.05) is 5.41 Å². The predicted octanol–water partition coefficient (Wildman–Crippen LogP) is 2.83. The average molecular weight is 214 g/mol. The van der Waals surface area contributed by atoms with Crippen LogP contribution in [-0.4, -0.2) is 12.9 Å². The van der Waals surface area contributed by atoms with Crippen molar-refractivity contribution in [3.63, 3.8) is 0 Å². The summed E-state index contributed by atoms with van der Waals surface area (Å²) in [6.07, 6.45) is 4.90. The van der Waals surface area contributed by atoms with E-state index in [1.54, 1.807) is 7.11 Å². The van der Waals surface area contributed by atoms with E-state index in [4.69, 9.17) is 4.74 Å². The number of rotatable bonds is 2. The second-order valence-corrected chi connectivity index (χ2v) is 4.72. The SMILES string of the molecule is COc1ccc(C2=CC(=O)C3(CC3)C2)cc1. The first-order chi connectivity index (χ1) is 7.73. The molecule has 1 saturated carbocycles. The summed E-state index contributed by atoms with van der Waals surface area (Å²) in [6, 6.07) is 7.94. The number of hydrogen-bond donors (Lipinski definition) is 0. The summed E-state index contributed by atoms with van der Waals surface area (Å²) >= 11 is 0. The van der Waals surface area contributed by atoms with Crippen molar-refractivity contribution in [3.8, 4) is 5.75 Å². The zero-order valence-corrected chi connectivity index (χ0v) is 9.32. The molecule has 2 heteroatoms. The maximum absolute atomic E-state index is 11.8. The van der Waals surface area contributed by atoms with E-state index in [1.165, 1.54) is 5.57 Å². The number of allylic oxidation sites excluding steroid dienone is 2. The van der Waals surface area contributed by atoms with Crippen molar-refractivity contribution < 1.29 is 9.53 Å². The zero-order valence-electron chi connectivity index (χ0n) is 9.32. The summed E-state index contributed by atoms with van der Waals surface area (Å²) in [7, 11) is 1.66. The van der Waals surface area contributed by atoms with Gasteiger partial charge in [0.25, 0.3) is 0 Å². The molecule has 16 heavy (non-hydrogen) atoms. The van der Waals surface area contributed by atoms with Gasteiger partial charge in [0.2, 0.25) is 0 Å². The van der Waals surface area contributed by atoms with E-state index in [2.05, 4.69) is 0 Å². The minimum Gasteiger partial charge on any atom is -0.497 e. The minimum absolute atomic E-state index is 0.00919.